The van der Waals surface area contributed by atoms with Crippen LogP contribution in [0.3, 0.4) is 0 Å². The highest BCUT2D eigenvalue weighted by atomic mass is 127. The largest absolute Gasteiger partial charge is 0.490 e. The quantitative estimate of drug-likeness (QED) is 0.154. The van der Waals surface area contributed by atoms with Gasteiger partial charge >= 0.3 is 0 Å². The fraction of sp³-hybridized carbons (Fsp3) is 0.130. The normalized spacial score (nSPS) is 10.7. The zero-order valence-electron chi connectivity index (χ0n) is 18.3. The molecule has 1 amide bonds. The van der Waals surface area contributed by atoms with Crippen LogP contribution in [0.4, 0.5) is 11.4 Å². The summed E-state index contributed by atoms with van der Waals surface area (Å²) in [6.45, 7) is 2.39. The number of carbonyl (C=O) groups is 1. The summed E-state index contributed by atoms with van der Waals surface area (Å²) < 4.78 is 12.3. The van der Waals surface area contributed by atoms with E-state index in [1.54, 1.807) is 24.3 Å². The Morgan fingerprint density at radius 1 is 1.03 bits per heavy atom. The highest BCUT2D eigenvalue weighted by Crippen LogP contribution is 2.34. The molecule has 1 N–H and O–H groups in total. The van der Waals surface area contributed by atoms with Crippen molar-refractivity contribution in [1.29, 1.82) is 0 Å². The van der Waals surface area contributed by atoms with Gasteiger partial charge in [-0.05, 0) is 71.0 Å². The number of non-ortho nitro benzene ring substituents is 2. The predicted octanol–water partition coefficient (Wildman–Crippen LogP) is 4.85. The van der Waals surface area contributed by atoms with Gasteiger partial charge in [0.25, 0.3) is 17.3 Å². The molecule has 0 atom stereocenters. The van der Waals surface area contributed by atoms with Gasteiger partial charge in [-0.15, -0.1) is 0 Å². The van der Waals surface area contributed by atoms with E-state index in [0.29, 0.717) is 23.7 Å². The van der Waals surface area contributed by atoms with E-state index in [2.05, 4.69) is 33.1 Å². The molecule has 0 heterocycles. The molecule has 180 valence electrons. The number of nitro groups is 2. The molecule has 0 aliphatic rings. The van der Waals surface area contributed by atoms with Gasteiger partial charge in [-0.25, -0.2) is 5.43 Å². The van der Waals surface area contributed by atoms with E-state index >= 15 is 0 Å². The van der Waals surface area contributed by atoms with Crippen LogP contribution in [-0.2, 0) is 6.61 Å². The molecule has 0 unspecified atom stereocenters. The van der Waals surface area contributed by atoms with Gasteiger partial charge in [-0.2, -0.15) is 5.10 Å². The minimum Gasteiger partial charge on any atom is -0.490 e. The Morgan fingerprint density at radius 2 is 1.74 bits per heavy atom. The van der Waals surface area contributed by atoms with Crippen LogP contribution in [0.5, 0.6) is 11.5 Å². The van der Waals surface area contributed by atoms with Crippen LogP contribution < -0.4 is 14.9 Å². The number of amides is 1. The molecule has 12 heteroatoms. The Hall–Kier alpha value is -4.07. The number of nitro benzene ring substituents is 2. The molecule has 0 spiro atoms. The van der Waals surface area contributed by atoms with Crippen LogP contribution in [0, 0.1) is 23.8 Å². The van der Waals surface area contributed by atoms with Gasteiger partial charge in [0.05, 0.1) is 26.2 Å². The minimum atomic E-state index is -0.590. The number of halogens is 1. The monoisotopic (exact) mass is 590 g/mol. The topological polar surface area (TPSA) is 146 Å². The number of benzene rings is 3. The molecule has 0 saturated heterocycles. The van der Waals surface area contributed by atoms with Gasteiger partial charge < -0.3 is 9.47 Å². The summed E-state index contributed by atoms with van der Waals surface area (Å²) >= 11 is 2.08. The molecule has 0 saturated carbocycles. The van der Waals surface area contributed by atoms with Gasteiger partial charge in [0.1, 0.15) is 6.61 Å². The average molecular weight is 590 g/mol. The summed E-state index contributed by atoms with van der Waals surface area (Å²) in [7, 11) is 0. The molecule has 0 aliphatic heterocycles. The van der Waals surface area contributed by atoms with Gasteiger partial charge in [0, 0.05) is 29.8 Å². The lowest BCUT2D eigenvalue weighted by atomic mass is 10.2. The van der Waals surface area contributed by atoms with Gasteiger partial charge in [0.15, 0.2) is 11.5 Å². The molecule has 3 aromatic carbocycles. The van der Waals surface area contributed by atoms with Crippen LogP contribution in [0.15, 0.2) is 65.8 Å². The van der Waals surface area contributed by atoms with Crippen LogP contribution in [0.2, 0.25) is 0 Å². The number of nitrogens with zero attached hydrogens (tertiary/aromatic N) is 3. The van der Waals surface area contributed by atoms with Gasteiger partial charge in [-0.1, -0.05) is 6.07 Å². The summed E-state index contributed by atoms with van der Waals surface area (Å²) in [5.41, 5.74) is 3.64. The Bertz CT molecular complexity index is 1280. The van der Waals surface area contributed by atoms with E-state index in [1.807, 2.05) is 6.92 Å². The first-order chi connectivity index (χ1) is 16.8. The Labute approximate surface area is 213 Å². The molecule has 0 bridgehead atoms. The molecule has 35 heavy (non-hydrogen) atoms. The number of nitrogens with one attached hydrogen (secondary N) is 1. The Balaban J connectivity index is 1.71. The number of hydrogen-bond donors (Lipinski definition) is 1. The first-order valence-electron chi connectivity index (χ1n) is 10.2. The van der Waals surface area contributed by atoms with Crippen LogP contribution in [-0.4, -0.2) is 28.6 Å². The van der Waals surface area contributed by atoms with Crippen LogP contribution in [0.1, 0.15) is 28.4 Å². The second-order valence-corrected chi connectivity index (χ2v) is 8.14. The fourth-order valence-corrected chi connectivity index (χ4v) is 3.71. The van der Waals surface area contributed by atoms with E-state index in [9.17, 15) is 25.0 Å². The number of carbonyl (C=O) groups excluding carboxylic acids is 1. The van der Waals surface area contributed by atoms with E-state index < -0.39 is 15.8 Å². The number of ether oxygens (including phenoxy) is 2. The summed E-state index contributed by atoms with van der Waals surface area (Å²) in [6.07, 6.45) is 1.42. The van der Waals surface area contributed by atoms with Crippen molar-refractivity contribution in [2.45, 2.75) is 13.5 Å². The highest BCUT2D eigenvalue weighted by Gasteiger charge is 2.14. The van der Waals surface area contributed by atoms with Crippen molar-refractivity contribution in [3.8, 4) is 11.5 Å². The SMILES string of the molecule is CCOc1cc(/C=N\NC(=O)c2cccc([N+](=O)[O-])c2)cc(I)c1OCc1ccc([N+](=O)[O-])cc1. The van der Waals surface area contributed by atoms with Crippen molar-refractivity contribution in [2.24, 2.45) is 5.10 Å². The van der Waals surface area contributed by atoms with Crippen molar-refractivity contribution in [3.05, 3.63) is 101 Å². The molecule has 0 aliphatic carbocycles. The lowest BCUT2D eigenvalue weighted by Gasteiger charge is -2.14. The molecular formula is C23H19IN4O7. The standard InChI is InChI=1S/C23H19IN4O7/c1-2-34-21-11-16(13-25-26-23(29)17-4-3-5-19(12-17)28(32)33)10-20(24)22(21)35-14-15-6-8-18(9-7-15)27(30)31/h3-13H,2,14H2,1H3,(H,26,29)/b25-13-. The van der Waals surface area contributed by atoms with Crippen molar-refractivity contribution in [1.82, 2.24) is 5.43 Å². The van der Waals surface area contributed by atoms with Crippen LogP contribution >= 0.6 is 22.6 Å². The average Bonchev–Trinajstić information content (AvgIpc) is 2.84. The minimum absolute atomic E-state index is 0.000412. The second-order valence-electron chi connectivity index (χ2n) is 6.98. The maximum absolute atomic E-state index is 12.2. The third-order valence-electron chi connectivity index (χ3n) is 4.56. The lowest BCUT2D eigenvalue weighted by molar-refractivity contribution is -0.385. The predicted molar refractivity (Wildman–Crippen MR) is 136 cm³/mol. The number of hydrazone groups is 1. The van der Waals surface area contributed by atoms with Crippen molar-refractivity contribution >= 4 is 46.1 Å². The van der Waals surface area contributed by atoms with E-state index in [0.717, 1.165) is 15.2 Å². The van der Waals surface area contributed by atoms with E-state index in [-0.39, 0.29) is 23.5 Å². The van der Waals surface area contributed by atoms with Gasteiger partial charge in [-0.3, -0.25) is 25.0 Å². The van der Waals surface area contributed by atoms with E-state index in [4.69, 9.17) is 9.47 Å². The van der Waals surface area contributed by atoms with E-state index in [1.165, 1.54) is 36.5 Å². The second kappa shape index (κ2) is 11.9. The molecule has 0 radical (unpaired) electrons. The molecular weight excluding hydrogens is 571 g/mol. The highest BCUT2D eigenvalue weighted by molar-refractivity contribution is 14.1. The Morgan fingerprint density at radius 3 is 2.40 bits per heavy atom. The fourth-order valence-electron chi connectivity index (χ4n) is 2.93. The van der Waals surface area contributed by atoms with Crippen LogP contribution in [0.25, 0.3) is 0 Å². The third kappa shape index (κ3) is 6.96. The smallest absolute Gasteiger partial charge is 0.271 e. The lowest BCUT2D eigenvalue weighted by Crippen LogP contribution is -2.17. The third-order valence-corrected chi connectivity index (χ3v) is 5.36. The van der Waals surface area contributed by atoms with Gasteiger partial charge in [0.2, 0.25) is 0 Å². The van der Waals surface area contributed by atoms with Crippen molar-refractivity contribution in [2.75, 3.05) is 6.61 Å². The van der Waals surface area contributed by atoms with Crippen molar-refractivity contribution < 1.29 is 24.1 Å². The first-order valence-corrected chi connectivity index (χ1v) is 11.3. The molecule has 3 rings (SSSR count). The zero-order chi connectivity index (χ0) is 25.4. The summed E-state index contributed by atoms with van der Waals surface area (Å²) in [5.74, 6) is 0.379. The zero-order valence-corrected chi connectivity index (χ0v) is 20.5. The first kappa shape index (κ1) is 25.6. The maximum Gasteiger partial charge on any atom is 0.271 e. The molecule has 0 fully saturated rings. The molecule has 3 aromatic rings. The Kier molecular flexibility index (Phi) is 8.67. The summed E-state index contributed by atoms with van der Waals surface area (Å²) in [6, 6.07) is 14.9. The number of rotatable bonds is 10. The molecule has 11 nitrogen and oxygen atoms in total. The molecule has 0 aromatic heterocycles. The number of hydrogen-bond acceptors (Lipinski definition) is 8. The summed E-state index contributed by atoms with van der Waals surface area (Å²) in [4.78, 5) is 32.9. The summed E-state index contributed by atoms with van der Waals surface area (Å²) in [5, 5.41) is 25.6. The van der Waals surface area contributed by atoms with Crippen molar-refractivity contribution in [3.63, 3.8) is 0 Å². The maximum atomic E-state index is 12.2.